The van der Waals surface area contributed by atoms with Crippen molar-refractivity contribution in [1.29, 1.82) is 0 Å². The van der Waals surface area contributed by atoms with Gasteiger partial charge < -0.3 is 16.1 Å². The number of aromatic nitrogens is 2. The molecule has 0 fully saturated rings. The molecule has 0 amide bonds. The number of terminal acetylenes is 1. The molecular weight excluding hydrogens is 544 g/mol. The molecule has 10 heteroatoms. The van der Waals surface area contributed by atoms with Crippen molar-refractivity contribution in [2.24, 2.45) is 5.41 Å². The van der Waals surface area contributed by atoms with Crippen molar-refractivity contribution >= 4 is 44.8 Å². The lowest BCUT2D eigenvalue weighted by Crippen LogP contribution is -2.45. The number of rotatable bonds is 9. The zero-order chi connectivity index (χ0) is 29.1. The second kappa shape index (κ2) is 11.8. The lowest BCUT2D eigenvalue weighted by atomic mass is 9.96. The van der Waals surface area contributed by atoms with Gasteiger partial charge in [-0.2, -0.15) is 0 Å². The normalized spacial score (nSPS) is 14.2. The Balaban J connectivity index is 1.63. The minimum absolute atomic E-state index is 0.00514. The van der Waals surface area contributed by atoms with E-state index in [0.29, 0.717) is 34.0 Å². The van der Waals surface area contributed by atoms with E-state index in [1.54, 1.807) is 18.6 Å². The van der Waals surface area contributed by atoms with Gasteiger partial charge in [-0.1, -0.05) is 56.5 Å². The maximum Gasteiger partial charge on any atom is 0.114 e. The van der Waals surface area contributed by atoms with Gasteiger partial charge in [0, 0.05) is 41.6 Å². The number of nitrogens with zero attached hydrogens (tertiary/aromatic N) is 3. The first-order valence-corrected chi connectivity index (χ1v) is 13.7. The Hall–Kier alpha value is -4.13. The number of hydrogen-bond acceptors (Lipinski definition) is 7. The first kappa shape index (κ1) is 28.4. The number of pyridine rings is 2. The summed E-state index contributed by atoms with van der Waals surface area (Å²) in [5.41, 5.74) is 11.1. The summed E-state index contributed by atoms with van der Waals surface area (Å²) in [4.78, 5) is 9.04. The van der Waals surface area contributed by atoms with Gasteiger partial charge in [0.2, 0.25) is 0 Å². The monoisotopic (exact) mass is 575 g/mol. The van der Waals surface area contributed by atoms with Gasteiger partial charge >= 0.3 is 0 Å². The van der Waals surface area contributed by atoms with E-state index in [2.05, 4.69) is 58.3 Å². The predicted octanol–water partition coefficient (Wildman–Crippen LogP) is 6.50. The third-order valence-electron chi connectivity index (χ3n) is 6.85. The molecule has 3 heterocycles. The van der Waals surface area contributed by atoms with Crippen molar-refractivity contribution < 1.29 is 8.78 Å². The van der Waals surface area contributed by atoms with Gasteiger partial charge in [0.05, 0.1) is 39.0 Å². The van der Waals surface area contributed by atoms with Crippen molar-refractivity contribution in [1.82, 2.24) is 25.9 Å². The Morgan fingerprint density at radius 3 is 2.63 bits per heavy atom. The quantitative estimate of drug-likeness (QED) is 0.170. The largest absolute Gasteiger partial charge is 0.383 e. The van der Waals surface area contributed by atoms with Crippen LogP contribution in [0.25, 0.3) is 21.8 Å². The SMILES string of the molecule is C#Cc1cnc2c(Cl)cc(N[C@H](C3=CN(C(CF)CF)NN3)c3cccc4ncccc34)cc2c1NCC(C)(C)C. The molecule has 4 aromatic rings. The highest BCUT2D eigenvalue weighted by Crippen LogP contribution is 2.37. The van der Waals surface area contributed by atoms with Gasteiger partial charge in [-0.3, -0.25) is 15.0 Å². The van der Waals surface area contributed by atoms with Crippen LogP contribution in [0.4, 0.5) is 20.2 Å². The smallest absolute Gasteiger partial charge is 0.114 e. The molecule has 212 valence electrons. The van der Waals surface area contributed by atoms with E-state index in [-0.39, 0.29) is 5.41 Å². The summed E-state index contributed by atoms with van der Waals surface area (Å²) in [7, 11) is 0. The molecule has 1 aliphatic rings. The molecular formula is C31H32ClF2N7. The third-order valence-corrected chi connectivity index (χ3v) is 7.13. The van der Waals surface area contributed by atoms with Crippen molar-refractivity contribution in [3.8, 4) is 12.3 Å². The fourth-order valence-electron chi connectivity index (χ4n) is 4.74. The molecule has 4 N–H and O–H groups in total. The summed E-state index contributed by atoms with van der Waals surface area (Å²) >= 11 is 6.78. The molecule has 0 saturated heterocycles. The summed E-state index contributed by atoms with van der Waals surface area (Å²) in [5, 5.41) is 10.7. The first-order chi connectivity index (χ1) is 19.7. The van der Waals surface area contributed by atoms with E-state index in [9.17, 15) is 8.78 Å². The second-order valence-corrected chi connectivity index (χ2v) is 11.6. The summed E-state index contributed by atoms with van der Waals surface area (Å²) < 4.78 is 27.0. The van der Waals surface area contributed by atoms with Crippen LogP contribution in [0.3, 0.4) is 0 Å². The molecule has 5 rings (SSSR count). The molecule has 0 aliphatic carbocycles. The number of hydrazine groups is 2. The number of benzene rings is 2. The standard InChI is InChI=1S/C31H32ClF2N7/c1-5-19-16-36-29-24(28(19)37-18-31(2,3)4)12-20(13-25(29)32)38-30(27-17-41(40-39-27)21(14-33)15-34)23-8-6-10-26-22(23)9-7-11-35-26/h1,6-13,16-17,21,30,38-40H,14-15,18H2,2-4H3,(H,36,37)/t30-/m0/s1. The van der Waals surface area contributed by atoms with E-state index in [4.69, 9.17) is 18.0 Å². The summed E-state index contributed by atoms with van der Waals surface area (Å²) in [6.45, 7) is 5.40. The molecule has 7 nitrogen and oxygen atoms in total. The highest BCUT2D eigenvalue weighted by atomic mass is 35.5. The van der Waals surface area contributed by atoms with Crippen molar-refractivity contribution in [3.05, 3.63) is 82.9 Å². The number of nitrogens with one attached hydrogen (secondary N) is 4. The third kappa shape index (κ3) is 5.99. The molecule has 0 bridgehead atoms. The lowest BCUT2D eigenvalue weighted by molar-refractivity contribution is 0.139. The van der Waals surface area contributed by atoms with Crippen molar-refractivity contribution in [2.45, 2.75) is 32.9 Å². The van der Waals surface area contributed by atoms with Crippen molar-refractivity contribution in [2.75, 3.05) is 30.5 Å². The topological polar surface area (TPSA) is 77.1 Å². The number of halogens is 3. The molecule has 41 heavy (non-hydrogen) atoms. The highest BCUT2D eigenvalue weighted by Gasteiger charge is 2.28. The van der Waals surface area contributed by atoms with Crippen LogP contribution in [0.15, 0.2) is 66.8 Å². The Morgan fingerprint density at radius 2 is 1.90 bits per heavy atom. The van der Waals surface area contributed by atoms with E-state index in [1.807, 2.05) is 42.5 Å². The minimum Gasteiger partial charge on any atom is -0.383 e. The average Bonchev–Trinajstić information content (AvgIpc) is 3.44. The zero-order valence-electron chi connectivity index (χ0n) is 23.1. The number of anilines is 2. The molecule has 1 atom stereocenters. The molecule has 0 radical (unpaired) electrons. The summed E-state index contributed by atoms with van der Waals surface area (Å²) in [5.74, 6) is 2.73. The number of fused-ring (bicyclic) bond motifs is 2. The first-order valence-electron chi connectivity index (χ1n) is 13.3. The fraction of sp³-hybridized carbons (Fsp3) is 0.290. The van der Waals surface area contributed by atoms with Gasteiger partial charge in [0.15, 0.2) is 0 Å². The van der Waals surface area contributed by atoms with Gasteiger partial charge in [0.1, 0.15) is 19.4 Å². The van der Waals surface area contributed by atoms with Crippen molar-refractivity contribution in [3.63, 3.8) is 0 Å². The van der Waals surface area contributed by atoms with Gasteiger partial charge in [-0.15, -0.1) is 12.0 Å². The second-order valence-electron chi connectivity index (χ2n) is 11.1. The van der Waals surface area contributed by atoms with Crippen LogP contribution in [0, 0.1) is 17.8 Å². The Morgan fingerprint density at radius 1 is 1.10 bits per heavy atom. The van der Waals surface area contributed by atoms with Gasteiger partial charge in [-0.25, -0.2) is 8.78 Å². The molecule has 0 unspecified atom stereocenters. The van der Waals surface area contributed by atoms with Crippen LogP contribution in [-0.4, -0.2) is 40.9 Å². The average molecular weight is 576 g/mol. The Kier molecular flexibility index (Phi) is 8.15. The molecule has 0 spiro atoms. The van der Waals surface area contributed by atoms with Gasteiger partial charge in [0.25, 0.3) is 0 Å². The maximum atomic E-state index is 13.5. The van der Waals surface area contributed by atoms with Crippen LogP contribution in [0.5, 0.6) is 0 Å². The predicted molar refractivity (Wildman–Crippen MR) is 163 cm³/mol. The van der Waals surface area contributed by atoms with E-state index >= 15 is 0 Å². The molecule has 0 saturated carbocycles. The highest BCUT2D eigenvalue weighted by molar-refractivity contribution is 6.35. The van der Waals surface area contributed by atoms with E-state index < -0.39 is 25.4 Å². The van der Waals surface area contributed by atoms with Crippen LogP contribution in [-0.2, 0) is 0 Å². The van der Waals surface area contributed by atoms with Crippen LogP contribution in [0.2, 0.25) is 5.02 Å². The number of hydrogen-bond donors (Lipinski definition) is 4. The molecule has 1 aliphatic heterocycles. The van der Waals surface area contributed by atoms with Crippen LogP contribution >= 0.6 is 11.6 Å². The number of alkyl halides is 2. The molecule has 2 aromatic carbocycles. The van der Waals surface area contributed by atoms with E-state index in [1.165, 1.54) is 5.01 Å². The van der Waals surface area contributed by atoms with E-state index in [0.717, 1.165) is 27.5 Å². The fourth-order valence-corrected chi connectivity index (χ4v) is 5.01. The minimum atomic E-state index is -0.963. The van der Waals surface area contributed by atoms with Crippen LogP contribution in [0.1, 0.15) is 37.9 Å². The van der Waals surface area contributed by atoms with Crippen LogP contribution < -0.4 is 21.6 Å². The summed E-state index contributed by atoms with van der Waals surface area (Å²) in [6.07, 6.45) is 10.9. The molecule has 2 aromatic heterocycles. The Labute approximate surface area is 243 Å². The zero-order valence-corrected chi connectivity index (χ0v) is 23.9. The Bertz CT molecular complexity index is 1630. The summed E-state index contributed by atoms with van der Waals surface area (Å²) in [6, 6.07) is 12.1. The maximum absolute atomic E-state index is 13.5. The lowest BCUT2D eigenvalue weighted by Gasteiger charge is -2.24. The van der Waals surface area contributed by atoms with Gasteiger partial charge in [-0.05, 0) is 35.2 Å².